The topological polar surface area (TPSA) is 56.8 Å². The van der Waals surface area contributed by atoms with Gasteiger partial charge in [-0.1, -0.05) is 12.1 Å². The SMILES string of the molecule is COc1cc(I)c(C(=O)Nc2cccc([C@@H](C)OC)c2)cc1OC. The van der Waals surface area contributed by atoms with Crippen LogP contribution in [-0.2, 0) is 4.74 Å². The second-order valence-corrected chi connectivity index (χ2v) is 6.31. The fourth-order valence-corrected chi connectivity index (χ4v) is 2.92. The van der Waals surface area contributed by atoms with Crippen molar-refractivity contribution in [3.8, 4) is 11.5 Å². The Kier molecular flexibility index (Phi) is 6.44. The molecule has 1 amide bonds. The first-order valence-corrected chi connectivity index (χ1v) is 8.43. The number of halogens is 1. The Bertz CT molecular complexity index is 733. The lowest BCUT2D eigenvalue weighted by atomic mass is 10.1. The van der Waals surface area contributed by atoms with Crippen LogP contribution in [0, 0.1) is 3.57 Å². The molecule has 1 atom stereocenters. The van der Waals surface area contributed by atoms with Gasteiger partial charge in [0.15, 0.2) is 11.5 Å². The van der Waals surface area contributed by atoms with Crippen LogP contribution in [0.3, 0.4) is 0 Å². The summed E-state index contributed by atoms with van der Waals surface area (Å²) in [5.41, 5.74) is 2.24. The number of benzene rings is 2. The van der Waals surface area contributed by atoms with E-state index in [1.807, 2.05) is 31.2 Å². The summed E-state index contributed by atoms with van der Waals surface area (Å²) in [5.74, 6) is 0.904. The van der Waals surface area contributed by atoms with Crippen LogP contribution in [0.4, 0.5) is 5.69 Å². The van der Waals surface area contributed by atoms with Gasteiger partial charge in [0.2, 0.25) is 0 Å². The molecule has 0 aromatic heterocycles. The van der Waals surface area contributed by atoms with E-state index in [4.69, 9.17) is 14.2 Å². The number of hydrogen-bond donors (Lipinski definition) is 1. The first kappa shape index (κ1) is 18.5. The number of anilines is 1. The van der Waals surface area contributed by atoms with Crippen LogP contribution in [0.5, 0.6) is 11.5 Å². The molecule has 1 N–H and O–H groups in total. The van der Waals surface area contributed by atoms with E-state index < -0.39 is 0 Å². The summed E-state index contributed by atoms with van der Waals surface area (Å²) in [6.07, 6.45) is -0.0388. The Labute approximate surface area is 155 Å². The van der Waals surface area contributed by atoms with Crippen LogP contribution >= 0.6 is 22.6 Å². The van der Waals surface area contributed by atoms with E-state index in [9.17, 15) is 4.79 Å². The quantitative estimate of drug-likeness (QED) is 0.681. The fraction of sp³-hybridized carbons (Fsp3) is 0.278. The van der Waals surface area contributed by atoms with Crippen LogP contribution in [0.15, 0.2) is 36.4 Å². The van der Waals surface area contributed by atoms with Gasteiger partial charge in [-0.15, -0.1) is 0 Å². The zero-order valence-corrected chi connectivity index (χ0v) is 16.2. The molecule has 0 heterocycles. The summed E-state index contributed by atoms with van der Waals surface area (Å²) >= 11 is 2.11. The van der Waals surface area contributed by atoms with Crippen molar-refractivity contribution in [3.05, 3.63) is 51.1 Å². The Morgan fingerprint density at radius 2 is 1.75 bits per heavy atom. The normalized spacial score (nSPS) is 11.7. The number of rotatable bonds is 6. The standard InChI is InChI=1S/C18H20INO4/c1-11(22-2)12-6-5-7-13(8-12)20-18(21)14-9-16(23-3)17(24-4)10-15(14)19/h5-11H,1-4H3,(H,20,21)/t11-/m1/s1. The number of carbonyl (C=O) groups excluding carboxylic acids is 1. The van der Waals surface area contributed by atoms with Crippen molar-refractivity contribution in [2.24, 2.45) is 0 Å². The average Bonchev–Trinajstić information content (AvgIpc) is 2.60. The smallest absolute Gasteiger partial charge is 0.256 e. The van der Waals surface area contributed by atoms with Gasteiger partial charge in [-0.3, -0.25) is 4.79 Å². The summed E-state index contributed by atoms with van der Waals surface area (Å²) in [6.45, 7) is 1.96. The first-order valence-electron chi connectivity index (χ1n) is 7.35. The van der Waals surface area contributed by atoms with Gasteiger partial charge < -0.3 is 19.5 Å². The molecule has 0 saturated carbocycles. The highest BCUT2D eigenvalue weighted by Crippen LogP contribution is 2.31. The zero-order chi connectivity index (χ0) is 17.7. The van der Waals surface area contributed by atoms with Crippen LogP contribution in [0.25, 0.3) is 0 Å². The molecule has 128 valence electrons. The van der Waals surface area contributed by atoms with Gasteiger partial charge in [0.05, 0.1) is 25.9 Å². The van der Waals surface area contributed by atoms with E-state index in [1.54, 1.807) is 33.5 Å². The van der Waals surface area contributed by atoms with Crippen molar-refractivity contribution < 1.29 is 19.0 Å². The maximum absolute atomic E-state index is 12.6. The van der Waals surface area contributed by atoms with E-state index in [1.165, 1.54) is 0 Å². The molecule has 2 aromatic rings. The van der Waals surface area contributed by atoms with Crippen LogP contribution in [0.2, 0.25) is 0 Å². The van der Waals surface area contributed by atoms with Crippen molar-refractivity contribution in [2.75, 3.05) is 26.6 Å². The van der Waals surface area contributed by atoms with Crippen LogP contribution in [0.1, 0.15) is 28.9 Å². The summed E-state index contributed by atoms with van der Waals surface area (Å²) < 4.78 is 16.6. The summed E-state index contributed by atoms with van der Waals surface area (Å²) in [5, 5.41) is 2.91. The van der Waals surface area contributed by atoms with Crippen molar-refractivity contribution in [1.82, 2.24) is 0 Å². The molecule has 0 fully saturated rings. The summed E-state index contributed by atoms with van der Waals surface area (Å²) in [7, 11) is 4.76. The van der Waals surface area contributed by atoms with E-state index >= 15 is 0 Å². The summed E-state index contributed by atoms with van der Waals surface area (Å²) in [6, 6.07) is 11.1. The molecule has 0 aliphatic heterocycles. The third kappa shape index (κ3) is 4.18. The molecule has 0 aliphatic rings. The Morgan fingerprint density at radius 3 is 2.38 bits per heavy atom. The van der Waals surface area contributed by atoms with Gasteiger partial charge in [-0.25, -0.2) is 0 Å². The van der Waals surface area contributed by atoms with Gasteiger partial charge in [0, 0.05) is 16.4 Å². The minimum absolute atomic E-state index is 0.0388. The second-order valence-electron chi connectivity index (χ2n) is 5.14. The maximum atomic E-state index is 12.6. The molecular weight excluding hydrogens is 421 g/mol. The largest absolute Gasteiger partial charge is 0.493 e. The molecule has 0 bridgehead atoms. The van der Waals surface area contributed by atoms with Crippen molar-refractivity contribution in [2.45, 2.75) is 13.0 Å². The molecule has 2 rings (SSSR count). The van der Waals surface area contributed by atoms with Crippen LogP contribution in [-0.4, -0.2) is 27.2 Å². The van der Waals surface area contributed by atoms with Gasteiger partial charge >= 0.3 is 0 Å². The third-order valence-corrected chi connectivity index (χ3v) is 4.58. The number of amides is 1. The molecule has 0 unspecified atom stereocenters. The lowest BCUT2D eigenvalue weighted by molar-refractivity contribution is 0.102. The first-order chi connectivity index (χ1) is 11.5. The fourth-order valence-electron chi connectivity index (χ4n) is 2.23. The Morgan fingerprint density at radius 1 is 1.08 bits per heavy atom. The molecule has 5 nitrogen and oxygen atoms in total. The Balaban J connectivity index is 2.27. The number of hydrogen-bond acceptors (Lipinski definition) is 4. The van der Waals surface area contributed by atoms with Crippen molar-refractivity contribution in [1.29, 1.82) is 0 Å². The number of carbonyl (C=O) groups is 1. The van der Waals surface area contributed by atoms with E-state index in [0.29, 0.717) is 22.7 Å². The minimum atomic E-state index is -0.206. The van der Waals surface area contributed by atoms with Crippen molar-refractivity contribution in [3.63, 3.8) is 0 Å². The van der Waals surface area contributed by atoms with Crippen molar-refractivity contribution >= 4 is 34.2 Å². The number of methoxy groups -OCH3 is 3. The molecule has 0 spiro atoms. The van der Waals surface area contributed by atoms with Gasteiger partial charge in [-0.2, -0.15) is 0 Å². The molecule has 0 aliphatic carbocycles. The van der Waals surface area contributed by atoms with Gasteiger partial charge in [0.1, 0.15) is 0 Å². The third-order valence-electron chi connectivity index (χ3n) is 3.69. The number of ether oxygens (including phenoxy) is 3. The highest BCUT2D eigenvalue weighted by Gasteiger charge is 2.16. The predicted octanol–water partition coefficient (Wildman–Crippen LogP) is 4.27. The molecule has 24 heavy (non-hydrogen) atoms. The average molecular weight is 441 g/mol. The monoisotopic (exact) mass is 441 g/mol. The molecular formula is C18H20INO4. The maximum Gasteiger partial charge on any atom is 0.256 e. The lowest BCUT2D eigenvalue weighted by Crippen LogP contribution is -2.14. The highest BCUT2D eigenvalue weighted by atomic mass is 127. The molecule has 0 radical (unpaired) electrons. The number of nitrogens with one attached hydrogen (secondary N) is 1. The Hall–Kier alpha value is -1.80. The molecule has 0 saturated heterocycles. The predicted molar refractivity (Wildman–Crippen MR) is 102 cm³/mol. The highest BCUT2D eigenvalue weighted by molar-refractivity contribution is 14.1. The molecule has 6 heteroatoms. The van der Waals surface area contributed by atoms with Gasteiger partial charge in [0.25, 0.3) is 5.91 Å². The van der Waals surface area contributed by atoms with E-state index in [-0.39, 0.29) is 12.0 Å². The zero-order valence-electron chi connectivity index (χ0n) is 14.1. The van der Waals surface area contributed by atoms with E-state index in [2.05, 4.69) is 27.9 Å². The molecule has 2 aromatic carbocycles. The summed E-state index contributed by atoms with van der Waals surface area (Å²) in [4.78, 5) is 12.6. The minimum Gasteiger partial charge on any atom is -0.493 e. The van der Waals surface area contributed by atoms with Crippen LogP contribution < -0.4 is 14.8 Å². The van der Waals surface area contributed by atoms with E-state index in [0.717, 1.165) is 9.13 Å². The van der Waals surface area contributed by atoms with Gasteiger partial charge in [-0.05, 0) is 59.3 Å². The second kappa shape index (κ2) is 8.34. The lowest BCUT2D eigenvalue weighted by Gasteiger charge is -2.14.